The van der Waals surface area contributed by atoms with Crippen molar-refractivity contribution in [2.24, 2.45) is 0 Å². The zero-order valence-corrected chi connectivity index (χ0v) is 17.6. The summed E-state index contributed by atoms with van der Waals surface area (Å²) in [4.78, 5) is 39.7. The molecule has 7 nitrogen and oxygen atoms in total. The van der Waals surface area contributed by atoms with Gasteiger partial charge in [0.2, 0.25) is 0 Å². The van der Waals surface area contributed by atoms with E-state index in [0.717, 1.165) is 4.88 Å². The number of esters is 1. The van der Waals surface area contributed by atoms with Gasteiger partial charge in [0.1, 0.15) is 0 Å². The molecule has 3 aromatic rings. The molecule has 2 amide bonds. The Morgan fingerprint density at radius 2 is 1.90 bits per heavy atom. The Morgan fingerprint density at radius 3 is 2.53 bits per heavy atom. The van der Waals surface area contributed by atoms with Gasteiger partial charge < -0.3 is 19.4 Å². The average Bonchev–Trinajstić information content (AvgIpc) is 3.42. The number of likely N-dealkylation sites (N-methyl/N-ethyl adjacent to an activating group) is 1. The smallest absolute Gasteiger partial charge is 0.333 e. The molecule has 0 aliphatic rings. The van der Waals surface area contributed by atoms with Crippen LogP contribution in [0.15, 0.2) is 65.3 Å². The second-order valence-electron chi connectivity index (χ2n) is 6.36. The topological polar surface area (TPSA) is 88.9 Å². The molecule has 1 N–H and O–H groups in total. The van der Waals surface area contributed by atoms with E-state index >= 15 is 0 Å². The molecule has 9 heteroatoms. The SMILES string of the molecule is CN(Cc1ccc(Cl)s1)C(=O)COC(=O)C(NC(=O)c1ccco1)c1ccccc1. The third kappa shape index (κ3) is 5.71. The highest BCUT2D eigenvalue weighted by Gasteiger charge is 2.26. The summed E-state index contributed by atoms with van der Waals surface area (Å²) >= 11 is 7.28. The van der Waals surface area contributed by atoms with Crippen LogP contribution >= 0.6 is 22.9 Å². The lowest BCUT2D eigenvalue weighted by Gasteiger charge is -2.19. The van der Waals surface area contributed by atoms with E-state index in [9.17, 15) is 14.4 Å². The fourth-order valence-corrected chi connectivity index (χ4v) is 3.76. The van der Waals surface area contributed by atoms with Gasteiger partial charge in [0, 0.05) is 11.9 Å². The van der Waals surface area contributed by atoms with Gasteiger partial charge in [-0.25, -0.2) is 4.79 Å². The zero-order chi connectivity index (χ0) is 21.5. The first-order valence-corrected chi connectivity index (χ1v) is 10.2. The molecule has 1 unspecified atom stereocenters. The number of nitrogens with zero attached hydrogens (tertiary/aromatic N) is 1. The monoisotopic (exact) mass is 446 g/mol. The maximum atomic E-state index is 12.7. The van der Waals surface area contributed by atoms with Gasteiger partial charge in [-0.15, -0.1) is 11.3 Å². The van der Waals surface area contributed by atoms with E-state index in [1.54, 1.807) is 49.5 Å². The molecule has 1 aromatic carbocycles. The maximum absolute atomic E-state index is 12.7. The number of hydrogen-bond acceptors (Lipinski definition) is 6. The minimum atomic E-state index is -1.09. The van der Waals surface area contributed by atoms with Crippen LogP contribution in [0.25, 0.3) is 0 Å². The number of halogens is 1. The van der Waals surface area contributed by atoms with Gasteiger partial charge in [-0.2, -0.15) is 0 Å². The summed E-state index contributed by atoms with van der Waals surface area (Å²) < 4.78 is 10.9. The van der Waals surface area contributed by atoms with Crippen LogP contribution in [0.4, 0.5) is 0 Å². The van der Waals surface area contributed by atoms with Crippen LogP contribution in [-0.2, 0) is 20.9 Å². The molecule has 30 heavy (non-hydrogen) atoms. The highest BCUT2D eigenvalue weighted by molar-refractivity contribution is 7.16. The van der Waals surface area contributed by atoms with Crippen LogP contribution in [0.5, 0.6) is 0 Å². The van der Waals surface area contributed by atoms with E-state index in [1.165, 1.54) is 28.6 Å². The van der Waals surface area contributed by atoms with E-state index in [-0.39, 0.29) is 11.7 Å². The van der Waals surface area contributed by atoms with Crippen LogP contribution in [0, 0.1) is 0 Å². The average molecular weight is 447 g/mol. The predicted molar refractivity (Wildman–Crippen MR) is 112 cm³/mol. The van der Waals surface area contributed by atoms with Crippen LogP contribution in [0.3, 0.4) is 0 Å². The van der Waals surface area contributed by atoms with Gasteiger partial charge in [0.05, 0.1) is 17.1 Å². The molecule has 2 heterocycles. The quantitative estimate of drug-likeness (QED) is 0.533. The van der Waals surface area contributed by atoms with Crippen molar-refractivity contribution in [3.63, 3.8) is 0 Å². The number of furan rings is 1. The van der Waals surface area contributed by atoms with Crippen molar-refractivity contribution >= 4 is 40.7 Å². The molecule has 0 bridgehead atoms. The van der Waals surface area contributed by atoms with Gasteiger partial charge in [-0.05, 0) is 29.8 Å². The lowest BCUT2D eigenvalue weighted by Crippen LogP contribution is -2.37. The molecule has 0 radical (unpaired) electrons. The van der Waals surface area contributed by atoms with Crippen LogP contribution < -0.4 is 5.32 Å². The molecule has 156 valence electrons. The van der Waals surface area contributed by atoms with Crippen molar-refractivity contribution in [2.75, 3.05) is 13.7 Å². The van der Waals surface area contributed by atoms with Gasteiger partial charge in [-0.3, -0.25) is 9.59 Å². The van der Waals surface area contributed by atoms with E-state index in [0.29, 0.717) is 16.4 Å². The first kappa shape index (κ1) is 21.6. The minimum absolute atomic E-state index is 0.0640. The van der Waals surface area contributed by atoms with E-state index in [4.69, 9.17) is 20.8 Å². The molecular formula is C21H19ClN2O5S. The van der Waals surface area contributed by atoms with E-state index < -0.39 is 24.5 Å². The summed E-state index contributed by atoms with van der Waals surface area (Å²) in [5.74, 6) is -1.63. The number of nitrogens with one attached hydrogen (secondary N) is 1. The number of amides is 2. The number of rotatable bonds is 8. The summed E-state index contributed by atoms with van der Waals surface area (Å²) in [5, 5.41) is 2.59. The van der Waals surface area contributed by atoms with Crippen LogP contribution in [0.1, 0.15) is 27.0 Å². The Labute approximate surface area is 182 Å². The lowest BCUT2D eigenvalue weighted by atomic mass is 10.1. The van der Waals surface area contributed by atoms with Crippen molar-refractivity contribution in [1.82, 2.24) is 10.2 Å². The Kier molecular flexibility index (Phi) is 7.26. The number of ether oxygens (including phenoxy) is 1. The molecule has 0 saturated heterocycles. The second-order valence-corrected chi connectivity index (χ2v) is 8.16. The standard InChI is InChI=1S/C21H19ClN2O5S/c1-24(12-15-9-10-17(22)30-15)18(25)13-29-21(27)19(14-6-3-2-4-7-14)23-20(26)16-8-5-11-28-16/h2-11,19H,12-13H2,1H3,(H,23,26). The predicted octanol–water partition coefficient (Wildman–Crippen LogP) is 3.67. The highest BCUT2D eigenvalue weighted by Crippen LogP contribution is 2.22. The molecule has 0 aliphatic heterocycles. The Balaban J connectivity index is 1.62. The lowest BCUT2D eigenvalue weighted by molar-refractivity contribution is -0.153. The van der Waals surface area contributed by atoms with Crippen LogP contribution in [0.2, 0.25) is 4.34 Å². The Hall–Kier alpha value is -3.10. The molecule has 1 atom stereocenters. The van der Waals surface area contributed by atoms with E-state index in [2.05, 4.69) is 5.32 Å². The molecule has 0 saturated carbocycles. The van der Waals surface area contributed by atoms with Crippen LogP contribution in [-0.4, -0.2) is 36.3 Å². The first-order valence-electron chi connectivity index (χ1n) is 8.98. The third-order valence-electron chi connectivity index (χ3n) is 4.17. The fourth-order valence-electron chi connectivity index (χ4n) is 2.62. The molecule has 0 spiro atoms. The molecular weight excluding hydrogens is 428 g/mol. The Morgan fingerprint density at radius 1 is 1.13 bits per heavy atom. The summed E-state index contributed by atoms with van der Waals surface area (Å²) in [6.45, 7) is -0.0977. The third-order valence-corrected chi connectivity index (χ3v) is 5.39. The number of carbonyl (C=O) groups is 3. The first-order chi connectivity index (χ1) is 14.4. The van der Waals surface area contributed by atoms with Crippen molar-refractivity contribution < 1.29 is 23.5 Å². The maximum Gasteiger partial charge on any atom is 0.333 e. The fraction of sp³-hybridized carbons (Fsp3) is 0.190. The zero-order valence-electron chi connectivity index (χ0n) is 16.0. The molecule has 0 fully saturated rings. The Bertz CT molecular complexity index is 1000. The summed E-state index contributed by atoms with van der Waals surface area (Å²) in [6.07, 6.45) is 1.36. The van der Waals surface area contributed by atoms with Crippen molar-refractivity contribution in [3.8, 4) is 0 Å². The van der Waals surface area contributed by atoms with Gasteiger partial charge in [0.15, 0.2) is 18.4 Å². The molecule has 0 aliphatic carbocycles. The highest BCUT2D eigenvalue weighted by atomic mass is 35.5. The van der Waals surface area contributed by atoms with Gasteiger partial charge in [0.25, 0.3) is 11.8 Å². The number of benzene rings is 1. The van der Waals surface area contributed by atoms with Gasteiger partial charge in [-0.1, -0.05) is 41.9 Å². The van der Waals surface area contributed by atoms with Gasteiger partial charge >= 0.3 is 5.97 Å². The number of hydrogen-bond donors (Lipinski definition) is 1. The van der Waals surface area contributed by atoms with Crippen molar-refractivity contribution in [3.05, 3.63) is 81.4 Å². The molecule has 2 aromatic heterocycles. The number of thiophene rings is 1. The summed E-state index contributed by atoms with van der Waals surface area (Å²) in [6, 6.07) is 14.2. The van der Waals surface area contributed by atoms with E-state index in [1.807, 2.05) is 6.07 Å². The number of carbonyl (C=O) groups excluding carboxylic acids is 3. The summed E-state index contributed by atoms with van der Waals surface area (Å²) in [7, 11) is 1.61. The largest absolute Gasteiger partial charge is 0.459 e. The second kappa shape index (κ2) is 10.1. The normalized spacial score (nSPS) is 11.5. The van der Waals surface area contributed by atoms with Crippen molar-refractivity contribution in [1.29, 1.82) is 0 Å². The molecule has 3 rings (SSSR count). The van der Waals surface area contributed by atoms with Crippen molar-refractivity contribution in [2.45, 2.75) is 12.6 Å². The summed E-state index contributed by atoms with van der Waals surface area (Å²) in [5.41, 5.74) is 0.524. The minimum Gasteiger partial charge on any atom is -0.459 e.